The summed E-state index contributed by atoms with van der Waals surface area (Å²) in [5.41, 5.74) is 1.36. The summed E-state index contributed by atoms with van der Waals surface area (Å²) in [6.45, 7) is 15.2. The third-order valence-corrected chi connectivity index (χ3v) is 5.76. The first-order valence-corrected chi connectivity index (χ1v) is 13.4. The fourth-order valence-corrected chi connectivity index (χ4v) is 3.84. The van der Waals surface area contributed by atoms with Gasteiger partial charge in [0, 0.05) is 6.42 Å². The lowest BCUT2D eigenvalue weighted by Crippen LogP contribution is -2.52. The maximum Gasteiger partial charge on any atom is 0.329 e. The van der Waals surface area contributed by atoms with Crippen LogP contribution in [0, 0.1) is 11.8 Å². The van der Waals surface area contributed by atoms with Crippen LogP contribution < -0.4 is 15.4 Å². The van der Waals surface area contributed by atoms with Gasteiger partial charge in [-0.15, -0.1) is 0 Å². The van der Waals surface area contributed by atoms with E-state index in [9.17, 15) is 9.59 Å². The Hall–Kier alpha value is -2.86. The van der Waals surface area contributed by atoms with Crippen molar-refractivity contribution >= 4 is 11.9 Å². The highest BCUT2D eigenvalue weighted by molar-refractivity contribution is 5.87. The molecule has 2 N–H and O–H groups in total. The summed E-state index contributed by atoms with van der Waals surface area (Å²) in [6.07, 6.45) is 2.01. The van der Waals surface area contributed by atoms with Gasteiger partial charge in [-0.1, -0.05) is 70.2 Å². The van der Waals surface area contributed by atoms with Crippen molar-refractivity contribution in [1.29, 1.82) is 0 Å². The van der Waals surface area contributed by atoms with Crippen molar-refractivity contribution in [3.63, 3.8) is 0 Å². The molecule has 2 aromatic rings. The van der Waals surface area contributed by atoms with E-state index in [0.717, 1.165) is 29.8 Å². The summed E-state index contributed by atoms with van der Waals surface area (Å²) in [5.74, 6) is 1.03. The lowest BCUT2D eigenvalue weighted by Gasteiger charge is -2.27. The zero-order chi connectivity index (χ0) is 27.4. The molecular formula is C31H46N2O4. The number of rotatable bonds is 14. The number of nitrogens with one attached hydrogen (secondary N) is 2. The smallest absolute Gasteiger partial charge is 0.329 e. The highest BCUT2D eigenvalue weighted by Crippen LogP contribution is 2.17. The van der Waals surface area contributed by atoms with Gasteiger partial charge in [0.1, 0.15) is 24.0 Å². The summed E-state index contributed by atoms with van der Waals surface area (Å²) in [4.78, 5) is 26.4. The van der Waals surface area contributed by atoms with E-state index in [4.69, 9.17) is 9.47 Å². The summed E-state index contributed by atoms with van der Waals surface area (Å²) in [5, 5.41) is 6.38. The van der Waals surface area contributed by atoms with Crippen LogP contribution in [0.2, 0.25) is 0 Å². The first kappa shape index (κ1) is 30.4. The number of ether oxygens (including phenoxy) is 2. The van der Waals surface area contributed by atoms with Crippen LogP contribution in [-0.2, 0) is 27.4 Å². The fraction of sp³-hybridized carbons (Fsp3) is 0.548. The number of benzene rings is 2. The predicted octanol–water partition coefficient (Wildman–Crippen LogP) is 5.69. The molecule has 0 aliphatic carbocycles. The van der Waals surface area contributed by atoms with Crippen LogP contribution in [0.5, 0.6) is 5.75 Å². The summed E-state index contributed by atoms with van der Waals surface area (Å²) in [6, 6.07) is 16.5. The molecule has 0 radical (unpaired) electrons. The molecule has 6 nitrogen and oxygen atoms in total. The average Bonchev–Trinajstić information content (AvgIpc) is 2.81. The highest BCUT2D eigenvalue weighted by Gasteiger charge is 2.29. The molecule has 0 aromatic heterocycles. The van der Waals surface area contributed by atoms with Gasteiger partial charge in [-0.3, -0.25) is 4.79 Å². The molecule has 0 unspecified atom stereocenters. The van der Waals surface area contributed by atoms with E-state index in [1.807, 2.05) is 75.4 Å². The summed E-state index contributed by atoms with van der Waals surface area (Å²) >= 11 is 0. The van der Waals surface area contributed by atoms with Crippen LogP contribution in [0.25, 0.3) is 0 Å². The van der Waals surface area contributed by atoms with E-state index in [2.05, 4.69) is 38.3 Å². The Morgan fingerprint density at radius 3 is 2.05 bits per heavy atom. The molecule has 0 saturated carbocycles. The predicted molar refractivity (Wildman–Crippen MR) is 149 cm³/mol. The van der Waals surface area contributed by atoms with Gasteiger partial charge < -0.3 is 20.1 Å². The van der Waals surface area contributed by atoms with Gasteiger partial charge in [-0.2, -0.15) is 0 Å². The van der Waals surface area contributed by atoms with Gasteiger partial charge in [-0.25, -0.2) is 4.79 Å². The second-order valence-corrected chi connectivity index (χ2v) is 11.5. The molecule has 6 heteroatoms. The number of hydrogen-bond acceptors (Lipinski definition) is 5. The topological polar surface area (TPSA) is 76.7 Å². The largest absolute Gasteiger partial charge is 0.489 e. The quantitative estimate of drug-likeness (QED) is 0.320. The Morgan fingerprint density at radius 2 is 1.49 bits per heavy atom. The van der Waals surface area contributed by atoms with Crippen molar-refractivity contribution in [2.24, 2.45) is 11.8 Å². The first-order valence-electron chi connectivity index (χ1n) is 13.4. The second-order valence-electron chi connectivity index (χ2n) is 11.5. The van der Waals surface area contributed by atoms with E-state index >= 15 is 0 Å². The summed E-state index contributed by atoms with van der Waals surface area (Å²) in [7, 11) is 0. The normalized spacial score (nSPS) is 13.3. The van der Waals surface area contributed by atoms with E-state index in [0.29, 0.717) is 31.3 Å². The van der Waals surface area contributed by atoms with Crippen molar-refractivity contribution in [3.05, 3.63) is 65.7 Å². The van der Waals surface area contributed by atoms with E-state index in [1.54, 1.807) is 0 Å². The molecule has 0 saturated heterocycles. The highest BCUT2D eigenvalue weighted by atomic mass is 16.6. The minimum atomic E-state index is -0.788. The fourth-order valence-electron chi connectivity index (χ4n) is 3.84. The average molecular weight is 511 g/mol. The van der Waals surface area contributed by atoms with Gasteiger partial charge in [0.2, 0.25) is 5.91 Å². The molecule has 0 aliphatic heterocycles. The van der Waals surface area contributed by atoms with Crippen LogP contribution in [-0.4, -0.2) is 36.1 Å². The van der Waals surface area contributed by atoms with Crippen molar-refractivity contribution in [1.82, 2.24) is 10.6 Å². The van der Waals surface area contributed by atoms with Crippen LogP contribution >= 0.6 is 0 Å². The summed E-state index contributed by atoms with van der Waals surface area (Å²) < 4.78 is 11.5. The van der Waals surface area contributed by atoms with Gasteiger partial charge >= 0.3 is 5.97 Å². The Balaban J connectivity index is 2.10. The SMILES string of the molecule is CC(C)CCN[C@@H](CC(C)C)C(=O)N[C@H](Cc1ccc(OCc2ccccc2)cc1)C(=O)OC(C)(C)C. The number of hydrogen-bond donors (Lipinski definition) is 2. The molecule has 0 aliphatic rings. The van der Waals surface area contributed by atoms with Gasteiger partial charge in [0.25, 0.3) is 0 Å². The first-order chi connectivity index (χ1) is 17.4. The standard InChI is InChI=1S/C31H46N2O4/c1-22(2)17-18-32-27(19-23(3)4)29(34)33-28(30(35)37-31(5,6)7)20-24-13-15-26(16-14-24)36-21-25-11-9-8-10-12-25/h8-16,22-23,27-28,32H,17-21H2,1-7H3,(H,33,34)/t27-,28+/m0/s1. The zero-order valence-corrected chi connectivity index (χ0v) is 23.7. The Bertz CT molecular complexity index is 949. The lowest BCUT2D eigenvalue weighted by atomic mass is 10.0. The molecule has 2 aromatic carbocycles. The zero-order valence-electron chi connectivity index (χ0n) is 23.7. The monoisotopic (exact) mass is 510 g/mol. The maximum absolute atomic E-state index is 13.3. The molecule has 0 heterocycles. The van der Waals surface area contributed by atoms with Crippen molar-refractivity contribution < 1.29 is 19.1 Å². The second kappa shape index (κ2) is 14.8. The van der Waals surface area contributed by atoms with Gasteiger partial charge in [-0.05, 0) is 75.3 Å². The molecular weight excluding hydrogens is 464 g/mol. The minimum Gasteiger partial charge on any atom is -0.489 e. The third kappa shape index (κ3) is 12.3. The lowest BCUT2D eigenvalue weighted by molar-refractivity contribution is -0.158. The van der Waals surface area contributed by atoms with E-state index < -0.39 is 17.6 Å². The molecule has 2 rings (SSSR count). The van der Waals surface area contributed by atoms with Crippen LogP contribution in [0.3, 0.4) is 0 Å². The molecule has 0 spiro atoms. The third-order valence-electron chi connectivity index (χ3n) is 5.76. The van der Waals surface area contributed by atoms with Crippen molar-refractivity contribution in [2.45, 2.75) is 92.0 Å². The van der Waals surface area contributed by atoms with Gasteiger partial charge in [0.15, 0.2) is 0 Å². The van der Waals surface area contributed by atoms with Crippen molar-refractivity contribution in [2.75, 3.05) is 6.54 Å². The minimum absolute atomic E-state index is 0.170. The van der Waals surface area contributed by atoms with Crippen LogP contribution in [0.1, 0.15) is 72.4 Å². The van der Waals surface area contributed by atoms with Crippen molar-refractivity contribution in [3.8, 4) is 5.75 Å². The number of esters is 1. The molecule has 204 valence electrons. The Labute approximate surface area is 223 Å². The Kier molecular flexibility index (Phi) is 12.1. The molecule has 0 fully saturated rings. The van der Waals surface area contributed by atoms with E-state index in [1.165, 1.54) is 0 Å². The van der Waals surface area contributed by atoms with Crippen LogP contribution in [0.15, 0.2) is 54.6 Å². The number of carbonyl (C=O) groups excluding carboxylic acids is 2. The van der Waals surface area contributed by atoms with Gasteiger partial charge in [0.05, 0.1) is 6.04 Å². The van der Waals surface area contributed by atoms with E-state index in [-0.39, 0.29) is 11.9 Å². The number of carbonyl (C=O) groups is 2. The molecule has 2 atom stereocenters. The van der Waals surface area contributed by atoms with Crippen LogP contribution in [0.4, 0.5) is 0 Å². The molecule has 37 heavy (non-hydrogen) atoms. The number of amides is 1. The Morgan fingerprint density at radius 1 is 0.838 bits per heavy atom. The molecule has 0 bridgehead atoms. The molecule has 1 amide bonds. The maximum atomic E-state index is 13.3.